The fourth-order valence-electron chi connectivity index (χ4n) is 5.42. The number of rotatable bonds is 40. The van der Waals surface area contributed by atoms with Crippen molar-refractivity contribution in [2.45, 2.75) is 161 Å². The first-order valence-electron chi connectivity index (χ1n) is 21.8. The third-order valence-corrected chi connectivity index (χ3v) is 9.81. The predicted octanol–water partition coefficient (Wildman–Crippen LogP) is 11.4. The summed E-state index contributed by atoms with van der Waals surface area (Å²) in [6.45, 7) is 2.64. The fraction of sp³-hybridized carbons (Fsp3) is 0.717. The molecule has 0 aromatic carbocycles. The number of esters is 1. The third kappa shape index (κ3) is 42.9. The van der Waals surface area contributed by atoms with Gasteiger partial charge >= 0.3 is 5.97 Å². The number of nitrogens with zero attached hydrogens (tertiary/aromatic N) is 1. The lowest BCUT2D eigenvalue weighted by molar-refractivity contribution is -0.870. The first-order chi connectivity index (χ1) is 27.1. The zero-order chi connectivity index (χ0) is 41.3. The summed E-state index contributed by atoms with van der Waals surface area (Å²) in [5, 5.41) is 8.80. The van der Waals surface area contributed by atoms with Gasteiger partial charge in [0.1, 0.15) is 19.8 Å². The summed E-state index contributed by atoms with van der Waals surface area (Å²) in [4.78, 5) is 25.0. The Kier molecular flexibility index (Phi) is 38.0. The van der Waals surface area contributed by atoms with Crippen molar-refractivity contribution < 1.29 is 42.4 Å². The molecule has 0 amide bonds. The molecule has 0 rings (SSSR count). The quantitative estimate of drug-likeness (QED) is 0.0163. The van der Waals surface area contributed by atoms with Gasteiger partial charge in [-0.3, -0.25) is 9.36 Å². The van der Waals surface area contributed by atoms with E-state index in [1.54, 1.807) is 6.26 Å². The number of phosphoric ester groups is 1. The van der Waals surface area contributed by atoms with Gasteiger partial charge in [0.25, 0.3) is 7.82 Å². The summed E-state index contributed by atoms with van der Waals surface area (Å²) in [5.41, 5.74) is 0. The van der Waals surface area contributed by atoms with Gasteiger partial charge in [-0.05, 0) is 96.0 Å². The summed E-state index contributed by atoms with van der Waals surface area (Å²) < 4.78 is 34.2. The lowest BCUT2D eigenvalue weighted by Crippen LogP contribution is -2.37. The van der Waals surface area contributed by atoms with E-state index in [4.69, 9.17) is 23.6 Å². The van der Waals surface area contributed by atoms with Gasteiger partial charge in [-0.2, -0.15) is 0 Å². The molecular weight excluding hydrogens is 725 g/mol. The molecule has 0 bridgehead atoms. The zero-order valence-electron chi connectivity index (χ0n) is 36.0. The Hall–Kier alpha value is -2.26. The van der Waals surface area contributed by atoms with Crippen molar-refractivity contribution in [1.82, 2.24) is 0 Å². The molecule has 0 spiro atoms. The molecule has 0 saturated carbocycles. The summed E-state index contributed by atoms with van der Waals surface area (Å²) in [5.74, 6) is -0.423. The van der Waals surface area contributed by atoms with Crippen LogP contribution in [-0.2, 0) is 27.9 Å². The lowest BCUT2D eigenvalue weighted by atomic mass is 10.1. The van der Waals surface area contributed by atoms with E-state index in [-0.39, 0.29) is 32.8 Å². The fourth-order valence-corrected chi connectivity index (χ4v) is 6.15. The molecule has 0 radical (unpaired) electrons. The summed E-state index contributed by atoms with van der Waals surface area (Å²) >= 11 is 0. The molecule has 0 aromatic heterocycles. The van der Waals surface area contributed by atoms with E-state index in [1.165, 1.54) is 70.6 Å². The molecule has 0 aliphatic heterocycles. The molecule has 0 heterocycles. The van der Waals surface area contributed by atoms with Crippen molar-refractivity contribution in [1.29, 1.82) is 0 Å². The summed E-state index contributed by atoms with van der Waals surface area (Å²) in [7, 11) is 1.26. The van der Waals surface area contributed by atoms with E-state index in [2.05, 4.69) is 67.7 Å². The highest BCUT2D eigenvalue weighted by Crippen LogP contribution is 2.38. The van der Waals surface area contributed by atoms with E-state index in [0.717, 1.165) is 64.2 Å². The van der Waals surface area contributed by atoms with Crippen molar-refractivity contribution in [3.8, 4) is 0 Å². The number of hydrogen-bond donors (Lipinski definition) is 1. The third-order valence-electron chi connectivity index (χ3n) is 8.85. The van der Waals surface area contributed by atoms with E-state index in [1.807, 2.05) is 27.2 Å². The van der Waals surface area contributed by atoms with Gasteiger partial charge in [-0.15, -0.1) is 0 Å². The van der Waals surface area contributed by atoms with Crippen molar-refractivity contribution in [3.63, 3.8) is 0 Å². The van der Waals surface area contributed by atoms with Crippen LogP contribution in [0.4, 0.5) is 0 Å². The monoisotopic (exact) mass is 808 g/mol. The number of quaternary nitrogens is 1. The van der Waals surface area contributed by atoms with Crippen LogP contribution in [-0.4, -0.2) is 75.8 Å². The van der Waals surface area contributed by atoms with Crippen molar-refractivity contribution in [2.24, 2.45) is 0 Å². The number of phosphoric acid groups is 1. The molecule has 0 aromatic rings. The van der Waals surface area contributed by atoms with Gasteiger partial charge < -0.3 is 33.0 Å². The molecular formula is C46H82NO8P. The van der Waals surface area contributed by atoms with Crippen LogP contribution >= 0.6 is 7.82 Å². The number of hydrogen-bond acceptors (Lipinski definition) is 8. The lowest BCUT2D eigenvalue weighted by Gasteiger charge is -2.28. The second-order valence-electron chi connectivity index (χ2n) is 15.5. The topological polar surface area (TPSA) is 114 Å². The Labute approximate surface area is 343 Å². The Bertz CT molecular complexity index is 1120. The molecule has 2 atom stereocenters. The van der Waals surface area contributed by atoms with Crippen LogP contribution in [0.3, 0.4) is 0 Å². The standard InChI is InChI=1S/C46H82NO8P/c1-5-6-7-8-9-10-11-12-13-19-22-25-28-31-34-37-41-52-43-45(44-54-56(50,51)53-42-39-47(2,3)4)55-46(49)38-35-32-29-26-23-20-17-15-14-16-18-21-24-27-30-33-36-40-48/h10-11,14,16-17,20-21,24,26,29,37,41,45,48H,5-9,12-13,15,18-19,22-23,25,27-28,30-36,38-40,42-44H2,1-4H3/b11-10-,16-14-,20-17-,24-21-,29-26-,41-37+/t45-/m1/s1. The maximum atomic E-state index is 12.6. The number of unbranched alkanes of at least 4 members (excludes halogenated alkanes) is 15. The maximum absolute atomic E-state index is 12.6. The smallest absolute Gasteiger partial charge is 0.306 e. The van der Waals surface area contributed by atoms with E-state index in [0.29, 0.717) is 17.4 Å². The second kappa shape index (κ2) is 39.6. The molecule has 1 N–H and O–H groups in total. The Morgan fingerprint density at radius 3 is 1.62 bits per heavy atom. The highest BCUT2D eigenvalue weighted by molar-refractivity contribution is 7.45. The summed E-state index contributed by atoms with van der Waals surface area (Å²) in [6.07, 6.45) is 48.8. The molecule has 0 saturated heterocycles. The average molecular weight is 808 g/mol. The molecule has 0 aliphatic rings. The molecule has 324 valence electrons. The molecule has 0 fully saturated rings. The predicted molar refractivity (Wildman–Crippen MR) is 232 cm³/mol. The van der Waals surface area contributed by atoms with Gasteiger partial charge in [-0.25, -0.2) is 0 Å². The highest BCUT2D eigenvalue weighted by Gasteiger charge is 2.20. The normalized spacial score (nSPS) is 14.4. The molecule has 10 heteroatoms. The highest BCUT2D eigenvalue weighted by atomic mass is 31.2. The number of carbonyl (C=O) groups excluding carboxylic acids is 1. The van der Waals surface area contributed by atoms with Crippen molar-refractivity contribution >= 4 is 13.8 Å². The maximum Gasteiger partial charge on any atom is 0.306 e. The van der Waals surface area contributed by atoms with E-state index >= 15 is 0 Å². The van der Waals surface area contributed by atoms with Gasteiger partial charge in [0.05, 0.1) is 34.0 Å². The van der Waals surface area contributed by atoms with Crippen molar-refractivity contribution in [3.05, 3.63) is 73.1 Å². The van der Waals surface area contributed by atoms with Gasteiger partial charge in [-0.1, -0.05) is 119 Å². The average Bonchev–Trinajstić information content (AvgIpc) is 3.15. The Morgan fingerprint density at radius 1 is 0.625 bits per heavy atom. The van der Waals surface area contributed by atoms with Crippen LogP contribution in [0.15, 0.2) is 73.1 Å². The largest absolute Gasteiger partial charge is 0.756 e. The first kappa shape index (κ1) is 53.7. The van der Waals surface area contributed by atoms with Gasteiger partial charge in [0.2, 0.25) is 0 Å². The minimum absolute atomic E-state index is 0.00302. The summed E-state index contributed by atoms with van der Waals surface area (Å²) in [6, 6.07) is 0. The minimum Gasteiger partial charge on any atom is -0.756 e. The molecule has 9 nitrogen and oxygen atoms in total. The minimum atomic E-state index is -4.57. The Balaban J connectivity index is 4.42. The van der Waals surface area contributed by atoms with Crippen LogP contribution in [0, 0.1) is 0 Å². The molecule has 0 aliphatic carbocycles. The van der Waals surface area contributed by atoms with Gasteiger partial charge in [0.15, 0.2) is 6.10 Å². The number of aliphatic hydroxyl groups excluding tert-OH is 1. The van der Waals surface area contributed by atoms with E-state index < -0.39 is 19.9 Å². The number of ether oxygens (including phenoxy) is 2. The van der Waals surface area contributed by atoms with E-state index in [9.17, 15) is 14.3 Å². The number of carbonyl (C=O) groups is 1. The second-order valence-corrected chi connectivity index (χ2v) is 16.9. The van der Waals surface area contributed by atoms with Gasteiger partial charge in [0, 0.05) is 13.0 Å². The van der Waals surface area contributed by atoms with Crippen LogP contribution in [0.25, 0.3) is 0 Å². The zero-order valence-corrected chi connectivity index (χ0v) is 36.9. The SMILES string of the molecule is CCCCCC/C=C\CCCCCCCC/C=C/OC[C@H](COP(=O)([O-])OCC[N+](C)(C)C)OC(=O)CCC/C=C\C/C=C\C/C=C\C/C=C\CCCCCO. The molecule has 1 unspecified atom stereocenters. The van der Waals surface area contributed by atoms with Crippen molar-refractivity contribution in [2.75, 3.05) is 54.1 Å². The van der Waals surface area contributed by atoms with Crippen LogP contribution in [0.5, 0.6) is 0 Å². The molecule has 56 heavy (non-hydrogen) atoms. The van der Waals surface area contributed by atoms with Crippen LogP contribution in [0.2, 0.25) is 0 Å². The Morgan fingerprint density at radius 2 is 1.09 bits per heavy atom. The van der Waals surface area contributed by atoms with Crippen LogP contribution < -0.4 is 4.89 Å². The van der Waals surface area contributed by atoms with Crippen LogP contribution in [0.1, 0.15) is 155 Å². The number of aliphatic hydroxyl groups is 1. The number of likely N-dealkylation sites (N-methyl/N-ethyl adjacent to an activating group) is 1. The number of allylic oxidation sites excluding steroid dienone is 11. The first-order valence-corrected chi connectivity index (χ1v) is 23.3.